The van der Waals surface area contributed by atoms with Gasteiger partial charge in [-0.05, 0) is 29.8 Å². The van der Waals surface area contributed by atoms with Gasteiger partial charge in [0.2, 0.25) is 5.43 Å². The van der Waals surface area contributed by atoms with Crippen molar-refractivity contribution in [2.24, 2.45) is 0 Å². The number of likely N-dealkylation sites (N-methyl/N-ethyl adjacent to an activating group) is 1. The van der Waals surface area contributed by atoms with E-state index in [0.717, 1.165) is 11.3 Å². The molecule has 3 rings (SSSR count). The van der Waals surface area contributed by atoms with Crippen LogP contribution in [0, 0.1) is 0 Å². The predicted molar refractivity (Wildman–Crippen MR) is 119 cm³/mol. The molecule has 3 aromatic rings. The monoisotopic (exact) mass is 422 g/mol. The molecule has 31 heavy (non-hydrogen) atoms. The minimum atomic E-state index is -0.498. The molecule has 0 saturated heterocycles. The summed E-state index contributed by atoms with van der Waals surface area (Å²) in [6.07, 6.45) is 1.28. The molecule has 8 heteroatoms. The van der Waals surface area contributed by atoms with Gasteiger partial charge >= 0.3 is 5.97 Å². The molecule has 1 amide bonds. The van der Waals surface area contributed by atoms with Crippen molar-refractivity contribution in [2.75, 3.05) is 32.6 Å². The van der Waals surface area contributed by atoms with Gasteiger partial charge in [0.25, 0.3) is 5.91 Å². The molecule has 1 aromatic heterocycles. The van der Waals surface area contributed by atoms with Gasteiger partial charge in [0.05, 0.1) is 24.7 Å². The van der Waals surface area contributed by atoms with E-state index in [-0.39, 0.29) is 30.9 Å². The van der Waals surface area contributed by atoms with Gasteiger partial charge in [0, 0.05) is 38.8 Å². The Balaban J connectivity index is 1.48. The highest BCUT2D eigenvalue weighted by Crippen LogP contribution is 2.13. The highest BCUT2D eigenvalue weighted by atomic mass is 16.5. The maximum atomic E-state index is 12.3. The number of esters is 1. The van der Waals surface area contributed by atoms with Crippen molar-refractivity contribution >= 4 is 28.5 Å². The number of hydrogen-bond acceptors (Lipinski definition) is 6. The molecule has 0 unspecified atom stereocenters. The third-order valence-corrected chi connectivity index (χ3v) is 4.94. The molecule has 0 bridgehead atoms. The molecule has 0 aliphatic heterocycles. The average molecular weight is 422 g/mol. The Hall–Kier alpha value is -3.68. The van der Waals surface area contributed by atoms with Crippen molar-refractivity contribution < 1.29 is 14.3 Å². The molecule has 0 spiro atoms. The van der Waals surface area contributed by atoms with Crippen molar-refractivity contribution in [3.8, 4) is 0 Å². The van der Waals surface area contributed by atoms with E-state index >= 15 is 0 Å². The van der Waals surface area contributed by atoms with E-state index in [1.54, 1.807) is 36.0 Å². The van der Waals surface area contributed by atoms with Crippen LogP contribution in [0.3, 0.4) is 0 Å². The van der Waals surface area contributed by atoms with E-state index in [2.05, 4.69) is 5.10 Å². The highest BCUT2D eigenvalue weighted by molar-refractivity contribution is 5.81. The van der Waals surface area contributed by atoms with E-state index in [1.165, 1.54) is 11.1 Å². The normalized spacial score (nSPS) is 10.7. The van der Waals surface area contributed by atoms with E-state index in [0.29, 0.717) is 17.4 Å². The number of benzene rings is 2. The number of carbonyl (C=O) groups excluding carboxylic acids is 2. The lowest BCUT2D eigenvalue weighted by Crippen LogP contribution is -2.31. The zero-order valence-electron chi connectivity index (χ0n) is 17.9. The van der Waals surface area contributed by atoms with Crippen LogP contribution in [-0.2, 0) is 27.4 Å². The van der Waals surface area contributed by atoms with E-state index in [9.17, 15) is 14.4 Å². The van der Waals surface area contributed by atoms with Crippen LogP contribution in [0.5, 0.6) is 0 Å². The number of aryl methyl sites for hydroxylation is 1. The first-order chi connectivity index (χ1) is 14.8. The van der Waals surface area contributed by atoms with Crippen LogP contribution >= 0.6 is 0 Å². The number of aromatic nitrogens is 2. The topological polar surface area (TPSA) is 84.7 Å². The van der Waals surface area contributed by atoms with Crippen molar-refractivity contribution in [3.63, 3.8) is 0 Å². The molecular weight excluding hydrogens is 396 g/mol. The quantitative estimate of drug-likeness (QED) is 0.517. The number of rotatable bonds is 8. The smallest absolute Gasteiger partial charge is 0.308 e. The average Bonchev–Trinajstić information content (AvgIpc) is 2.77. The third kappa shape index (κ3) is 5.69. The van der Waals surface area contributed by atoms with Gasteiger partial charge in [-0.1, -0.05) is 24.3 Å². The molecular formula is C23H26N4O4. The van der Waals surface area contributed by atoms with Crippen LogP contribution in [0.4, 0.5) is 5.69 Å². The number of nitrogens with zero attached hydrogens (tertiary/aromatic N) is 4. The number of ether oxygens (including phenoxy) is 1. The van der Waals surface area contributed by atoms with Crippen LogP contribution in [0.1, 0.15) is 12.0 Å². The fourth-order valence-corrected chi connectivity index (χ4v) is 3.12. The van der Waals surface area contributed by atoms with E-state index in [4.69, 9.17) is 4.74 Å². The zero-order valence-corrected chi connectivity index (χ0v) is 17.9. The Morgan fingerprint density at radius 3 is 2.45 bits per heavy atom. The second kappa shape index (κ2) is 9.88. The number of para-hydroxylation sites is 1. The van der Waals surface area contributed by atoms with Crippen molar-refractivity contribution in [1.82, 2.24) is 14.7 Å². The number of fused-ring (bicyclic) bond motifs is 1. The van der Waals surface area contributed by atoms with E-state index in [1.807, 2.05) is 43.3 Å². The zero-order chi connectivity index (χ0) is 22.4. The van der Waals surface area contributed by atoms with Crippen LogP contribution in [0.15, 0.2) is 59.5 Å². The van der Waals surface area contributed by atoms with Gasteiger partial charge in [-0.15, -0.1) is 0 Å². The number of amides is 1. The summed E-state index contributed by atoms with van der Waals surface area (Å²) in [7, 11) is 5.61. The van der Waals surface area contributed by atoms with Gasteiger partial charge in [0.15, 0.2) is 6.61 Å². The van der Waals surface area contributed by atoms with Crippen LogP contribution in [0.25, 0.3) is 10.9 Å². The first kappa shape index (κ1) is 22.0. The molecule has 2 aromatic carbocycles. The molecule has 0 fully saturated rings. The molecule has 162 valence electrons. The Morgan fingerprint density at radius 2 is 1.74 bits per heavy atom. The summed E-state index contributed by atoms with van der Waals surface area (Å²) in [4.78, 5) is 39.8. The van der Waals surface area contributed by atoms with Gasteiger partial charge < -0.3 is 14.5 Å². The molecule has 0 atom stereocenters. The fraction of sp³-hybridized carbons (Fsp3) is 0.304. The Labute approximate surface area is 180 Å². The molecule has 0 aliphatic rings. The van der Waals surface area contributed by atoms with Gasteiger partial charge in [-0.25, -0.2) is 0 Å². The molecule has 0 radical (unpaired) electrons. The minimum absolute atomic E-state index is 0.0445. The SMILES string of the molecule is CN(Cc1ccc(N(C)C)cc1)C(=O)COC(=O)CCn1ncc(=O)c2ccccc21. The van der Waals surface area contributed by atoms with Gasteiger partial charge in [-0.3, -0.25) is 19.1 Å². The van der Waals surface area contributed by atoms with Crippen LogP contribution in [0.2, 0.25) is 0 Å². The second-order valence-electron chi connectivity index (χ2n) is 7.47. The predicted octanol–water partition coefficient (Wildman–Crippen LogP) is 2.05. The summed E-state index contributed by atoms with van der Waals surface area (Å²) in [5.74, 6) is -0.779. The lowest BCUT2D eigenvalue weighted by Gasteiger charge is -2.18. The summed E-state index contributed by atoms with van der Waals surface area (Å²) < 4.78 is 6.72. The summed E-state index contributed by atoms with van der Waals surface area (Å²) in [6.45, 7) is 0.364. The van der Waals surface area contributed by atoms with E-state index < -0.39 is 5.97 Å². The summed E-state index contributed by atoms with van der Waals surface area (Å²) >= 11 is 0. The van der Waals surface area contributed by atoms with Crippen LogP contribution in [-0.4, -0.2) is 54.3 Å². The van der Waals surface area contributed by atoms with Crippen molar-refractivity contribution in [2.45, 2.75) is 19.5 Å². The molecule has 0 N–H and O–H groups in total. The molecule has 0 saturated carbocycles. The summed E-state index contributed by atoms with van der Waals surface area (Å²) in [5.41, 5.74) is 2.55. The summed E-state index contributed by atoms with van der Waals surface area (Å²) in [5, 5.41) is 4.63. The Kier molecular flexibility index (Phi) is 7.02. The third-order valence-electron chi connectivity index (χ3n) is 4.94. The maximum absolute atomic E-state index is 12.3. The number of hydrogen-bond donors (Lipinski definition) is 0. The maximum Gasteiger partial charge on any atom is 0.308 e. The molecule has 1 heterocycles. The van der Waals surface area contributed by atoms with Crippen molar-refractivity contribution in [1.29, 1.82) is 0 Å². The first-order valence-electron chi connectivity index (χ1n) is 9.96. The number of carbonyl (C=O) groups is 2. The summed E-state index contributed by atoms with van der Waals surface area (Å²) in [6, 6.07) is 15.0. The standard InChI is InChI=1S/C23H26N4O4/c1-25(2)18-10-8-17(9-11-18)15-26(3)22(29)16-31-23(30)12-13-27-20-7-5-4-6-19(20)21(28)14-24-27/h4-11,14H,12-13,15-16H2,1-3H3. The van der Waals surface area contributed by atoms with Crippen LogP contribution < -0.4 is 10.3 Å². The molecule has 8 nitrogen and oxygen atoms in total. The lowest BCUT2D eigenvalue weighted by atomic mass is 10.2. The van der Waals surface area contributed by atoms with Crippen molar-refractivity contribution in [3.05, 3.63) is 70.5 Å². The molecule has 0 aliphatic carbocycles. The Bertz CT molecular complexity index is 1120. The van der Waals surface area contributed by atoms with Gasteiger partial charge in [-0.2, -0.15) is 5.10 Å². The minimum Gasteiger partial charge on any atom is -0.456 e. The van der Waals surface area contributed by atoms with Gasteiger partial charge in [0.1, 0.15) is 0 Å². The Morgan fingerprint density at radius 1 is 1.03 bits per heavy atom. The lowest BCUT2D eigenvalue weighted by molar-refractivity contribution is -0.151. The second-order valence-corrected chi connectivity index (χ2v) is 7.47. The highest BCUT2D eigenvalue weighted by Gasteiger charge is 2.13. The number of anilines is 1. The first-order valence-corrected chi connectivity index (χ1v) is 9.96. The fourth-order valence-electron chi connectivity index (χ4n) is 3.12. The largest absolute Gasteiger partial charge is 0.456 e.